The first-order valence-corrected chi connectivity index (χ1v) is 12.0. The van der Waals surface area contributed by atoms with Gasteiger partial charge in [-0.2, -0.15) is 0 Å². The lowest BCUT2D eigenvalue weighted by Crippen LogP contribution is -2.70. The molecule has 0 saturated carbocycles. The fourth-order valence-electron chi connectivity index (χ4n) is 4.50. The summed E-state index contributed by atoms with van der Waals surface area (Å²) in [6.45, 7) is 11.4. The molecule has 24 heavy (non-hydrogen) atoms. The van der Waals surface area contributed by atoms with Crippen LogP contribution in [0.4, 0.5) is 0 Å². The van der Waals surface area contributed by atoms with Gasteiger partial charge in [0.15, 0.2) is 20.1 Å². The van der Waals surface area contributed by atoms with E-state index in [1.807, 2.05) is 0 Å². The molecule has 6 atom stereocenters. The number of fused-ring (bicyclic) bond motifs is 1. The number of hydrogen-bond donors (Lipinski definition) is 0. The Bertz CT molecular complexity index is 526. The summed E-state index contributed by atoms with van der Waals surface area (Å²) in [5.74, 6) is -0.288. The standard InChI is InChI=1S/C18H31NO4Si/c1-18(2,3)24(5,6)23-14-9-12-7-11-8-13(10-14)19(12)15(16(11)20)17(21)22-4/h11-15H,7-10H2,1-6H3/t11?,12-,13?,14?,15+/m0/s1. The van der Waals surface area contributed by atoms with Gasteiger partial charge >= 0.3 is 5.97 Å². The van der Waals surface area contributed by atoms with Crippen molar-refractivity contribution in [3.8, 4) is 0 Å². The third-order valence-corrected chi connectivity index (χ3v) is 11.2. The highest BCUT2D eigenvalue weighted by Gasteiger charge is 2.57. The lowest BCUT2D eigenvalue weighted by Gasteiger charge is -2.57. The molecule has 4 bridgehead atoms. The number of carbonyl (C=O) groups excluding carboxylic acids is 2. The molecule has 136 valence electrons. The molecule has 0 N–H and O–H groups in total. The van der Waals surface area contributed by atoms with Crippen molar-refractivity contribution >= 4 is 20.1 Å². The van der Waals surface area contributed by atoms with E-state index in [-0.39, 0.29) is 40.9 Å². The van der Waals surface area contributed by atoms with Crippen LogP contribution < -0.4 is 0 Å². The van der Waals surface area contributed by atoms with Gasteiger partial charge in [0.05, 0.1) is 7.11 Å². The van der Waals surface area contributed by atoms with Crippen molar-refractivity contribution in [1.29, 1.82) is 0 Å². The van der Waals surface area contributed by atoms with Crippen LogP contribution in [0.25, 0.3) is 0 Å². The molecule has 5 nitrogen and oxygen atoms in total. The summed E-state index contributed by atoms with van der Waals surface area (Å²) in [6, 6.07) is -0.121. The van der Waals surface area contributed by atoms with Crippen molar-refractivity contribution in [2.75, 3.05) is 7.11 Å². The van der Waals surface area contributed by atoms with Crippen molar-refractivity contribution in [2.24, 2.45) is 5.92 Å². The highest BCUT2D eigenvalue weighted by Crippen LogP contribution is 2.47. The second-order valence-corrected chi connectivity index (χ2v) is 14.0. The van der Waals surface area contributed by atoms with Gasteiger partial charge in [-0.25, -0.2) is 4.79 Å². The molecule has 4 unspecified atom stereocenters. The van der Waals surface area contributed by atoms with Gasteiger partial charge in [-0.15, -0.1) is 0 Å². The number of piperidine rings is 4. The average molecular weight is 354 g/mol. The lowest BCUT2D eigenvalue weighted by molar-refractivity contribution is -0.173. The molecular formula is C18H31NO4Si. The molecule has 4 fully saturated rings. The smallest absolute Gasteiger partial charge is 0.330 e. The number of esters is 1. The van der Waals surface area contributed by atoms with Crippen LogP contribution in [0.1, 0.15) is 46.5 Å². The van der Waals surface area contributed by atoms with Gasteiger partial charge in [-0.3, -0.25) is 9.69 Å². The van der Waals surface area contributed by atoms with Crippen LogP contribution in [0, 0.1) is 5.92 Å². The minimum atomic E-state index is -1.80. The van der Waals surface area contributed by atoms with Crippen molar-refractivity contribution in [3.05, 3.63) is 0 Å². The fraction of sp³-hybridized carbons (Fsp3) is 0.889. The van der Waals surface area contributed by atoms with Gasteiger partial charge < -0.3 is 9.16 Å². The molecule has 0 aliphatic carbocycles. The first kappa shape index (κ1) is 18.1. The van der Waals surface area contributed by atoms with Crippen LogP contribution in [-0.4, -0.2) is 56.3 Å². The summed E-state index contributed by atoms with van der Waals surface area (Å²) in [7, 11) is -0.424. The zero-order valence-corrected chi connectivity index (χ0v) is 16.8. The Morgan fingerprint density at radius 3 is 2.12 bits per heavy atom. The van der Waals surface area contributed by atoms with E-state index in [0.717, 1.165) is 25.7 Å². The van der Waals surface area contributed by atoms with Crippen molar-refractivity contribution in [2.45, 2.75) is 88.8 Å². The summed E-state index contributed by atoms with van der Waals surface area (Å²) < 4.78 is 11.6. The largest absolute Gasteiger partial charge is 0.468 e. The van der Waals surface area contributed by atoms with Crippen molar-refractivity contribution < 1.29 is 18.8 Å². The van der Waals surface area contributed by atoms with Gasteiger partial charge in [0.1, 0.15) is 0 Å². The van der Waals surface area contributed by atoms with E-state index in [4.69, 9.17) is 9.16 Å². The summed E-state index contributed by atoms with van der Waals surface area (Å²) in [4.78, 5) is 26.8. The monoisotopic (exact) mass is 353 g/mol. The highest BCUT2D eigenvalue weighted by molar-refractivity contribution is 6.74. The molecule has 6 heteroatoms. The van der Waals surface area contributed by atoms with Gasteiger partial charge in [0.25, 0.3) is 0 Å². The number of carbonyl (C=O) groups is 2. The number of nitrogens with zero attached hydrogens (tertiary/aromatic N) is 1. The topological polar surface area (TPSA) is 55.8 Å². The Balaban J connectivity index is 1.76. The maximum atomic E-state index is 12.5. The molecule has 4 aliphatic heterocycles. The van der Waals surface area contributed by atoms with E-state index in [1.165, 1.54) is 7.11 Å². The normalized spacial score (nSPS) is 39.0. The Hall–Kier alpha value is -0.723. The van der Waals surface area contributed by atoms with Crippen LogP contribution in [0.3, 0.4) is 0 Å². The minimum absolute atomic E-state index is 0.0305. The molecule has 0 spiro atoms. The zero-order chi connectivity index (χ0) is 17.9. The van der Waals surface area contributed by atoms with Gasteiger partial charge in [-0.1, -0.05) is 20.8 Å². The van der Waals surface area contributed by atoms with E-state index in [2.05, 4.69) is 38.8 Å². The van der Waals surface area contributed by atoms with Crippen LogP contribution in [0.5, 0.6) is 0 Å². The first-order valence-electron chi connectivity index (χ1n) is 9.12. The number of ether oxygens (including phenoxy) is 1. The maximum absolute atomic E-state index is 12.5. The molecule has 4 aliphatic rings. The van der Waals surface area contributed by atoms with Crippen LogP contribution in [0.15, 0.2) is 0 Å². The molecular weight excluding hydrogens is 322 g/mol. The minimum Gasteiger partial charge on any atom is -0.468 e. The van der Waals surface area contributed by atoms with E-state index in [1.54, 1.807) is 0 Å². The molecule has 0 aromatic carbocycles. The van der Waals surface area contributed by atoms with Crippen molar-refractivity contribution in [3.63, 3.8) is 0 Å². The third-order valence-electron chi connectivity index (χ3n) is 6.69. The Labute approximate surface area is 146 Å². The number of ketones is 1. The SMILES string of the molecule is COC(=O)[C@H]1C(=O)C2CC3CC(O[Si](C)(C)C(C)(C)C)C[C@H](C2)N31. The maximum Gasteiger partial charge on any atom is 0.330 e. The second-order valence-electron chi connectivity index (χ2n) is 9.22. The number of methoxy groups -OCH3 is 1. The van der Waals surface area contributed by atoms with Gasteiger partial charge in [0, 0.05) is 24.1 Å². The summed E-state index contributed by atoms with van der Waals surface area (Å²) in [5, 5.41) is 0.198. The quantitative estimate of drug-likeness (QED) is 0.444. The van der Waals surface area contributed by atoms with Gasteiger partial charge in [-0.05, 0) is 43.8 Å². The molecule has 0 aromatic heterocycles. The average Bonchev–Trinajstić information content (AvgIpc) is 2.45. The number of Topliss-reactive ketones (excluding diaryl/α,β-unsaturated/α-hetero) is 1. The second kappa shape index (κ2) is 5.92. The number of rotatable bonds is 3. The molecule has 0 aromatic rings. The van der Waals surface area contributed by atoms with E-state index < -0.39 is 14.4 Å². The Morgan fingerprint density at radius 2 is 1.67 bits per heavy atom. The third kappa shape index (κ3) is 2.86. The van der Waals surface area contributed by atoms with E-state index in [9.17, 15) is 9.59 Å². The van der Waals surface area contributed by atoms with Gasteiger partial charge in [0.2, 0.25) is 0 Å². The van der Waals surface area contributed by atoms with E-state index >= 15 is 0 Å². The van der Waals surface area contributed by atoms with Crippen LogP contribution in [-0.2, 0) is 18.8 Å². The molecule has 4 rings (SSSR count). The predicted octanol–water partition coefficient (Wildman–Crippen LogP) is 2.74. The summed E-state index contributed by atoms with van der Waals surface area (Å²) in [5.41, 5.74) is 0. The first-order chi connectivity index (χ1) is 11.0. The molecule has 0 radical (unpaired) electrons. The summed E-state index contributed by atoms with van der Waals surface area (Å²) in [6.07, 6.45) is 3.87. The summed E-state index contributed by atoms with van der Waals surface area (Å²) >= 11 is 0. The predicted molar refractivity (Wildman–Crippen MR) is 94.3 cm³/mol. The van der Waals surface area contributed by atoms with E-state index in [0.29, 0.717) is 0 Å². The molecule has 4 saturated heterocycles. The molecule has 0 amide bonds. The van der Waals surface area contributed by atoms with Crippen molar-refractivity contribution in [1.82, 2.24) is 4.90 Å². The Kier molecular flexibility index (Phi) is 4.46. The van der Waals surface area contributed by atoms with Crippen LogP contribution in [0.2, 0.25) is 18.1 Å². The van der Waals surface area contributed by atoms with Crippen LogP contribution >= 0.6 is 0 Å². The lowest BCUT2D eigenvalue weighted by atomic mass is 9.69. The fourth-order valence-corrected chi connectivity index (χ4v) is 5.88. The highest BCUT2D eigenvalue weighted by atomic mass is 28.4. The molecule has 4 heterocycles. The Morgan fingerprint density at radius 1 is 1.12 bits per heavy atom. The number of hydrogen-bond acceptors (Lipinski definition) is 5. The zero-order valence-electron chi connectivity index (χ0n) is 15.8.